The number of hydrogen-bond acceptors (Lipinski definition) is 4. The molecule has 0 aliphatic rings. The third kappa shape index (κ3) is 3.94. The summed E-state index contributed by atoms with van der Waals surface area (Å²) in [6.07, 6.45) is 0. The number of carbonyl (C=O) groups excluding carboxylic acids is 1. The molecule has 0 saturated carbocycles. The third-order valence-corrected chi connectivity index (χ3v) is 2.30. The van der Waals surface area contributed by atoms with Crippen molar-refractivity contribution in [2.75, 3.05) is 12.4 Å². The van der Waals surface area contributed by atoms with Gasteiger partial charge in [-0.05, 0) is 27.7 Å². The van der Waals surface area contributed by atoms with Crippen molar-refractivity contribution >= 4 is 11.7 Å². The van der Waals surface area contributed by atoms with Crippen LogP contribution >= 0.6 is 0 Å². The van der Waals surface area contributed by atoms with Gasteiger partial charge < -0.3 is 15.4 Å². The van der Waals surface area contributed by atoms with Gasteiger partial charge in [-0.25, -0.2) is 4.68 Å². The molecular formula is C12H22N4O2. The van der Waals surface area contributed by atoms with E-state index < -0.39 is 0 Å². The van der Waals surface area contributed by atoms with E-state index in [2.05, 4.69) is 15.7 Å². The van der Waals surface area contributed by atoms with Crippen LogP contribution in [0.15, 0.2) is 6.07 Å². The van der Waals surface area contributed by atoms with Crippen LogP contribution in [-0.2, 0) is 11.8 Å². The molecule has 0 bridgehead atoms. The number of carbonyl (C=O) groups is 1. The Balaban J connectivity index is 2.63. The van der Waals surface area contributed by atoms with Crippen molar-refractivity contribution in [3.8, 4) is 5.88 Å². The Morgan fingerprint density at radius 3 is 2.56 bits per heavy atom. The quantitative estimate of drug-likeness (QED) is 0.845. The summed E-state index contributed by atoms with van der Waals surface area (Å²) in [5.41, 5.74) is -0.241. The maximum absolute atomic E-state index is 11.9. The average Bonchev–Trinajstić information content (AvgIpc) is 2.56. The number of aryl methyl sites for hydroxylation is 1. The van der Waals surface area contributed by atoms with Gasteiger partial charge in [0.15, 0.2) is 5.82 Å². The number of methoxy groups -OCH3 is 1. The highest BCUT2D eigenvalue weighted by Gasteiger charge is 2.20. The fraction of sp³-hybridized carbons (Fsp3) is 0.667. The summed E-state index contributed by atoms with van der Waals surface area (Å²) in [4.78, 5) is 11.9. The summed E-state index contributed by atoms with van der Waals surface area (Å²) in [7, 11) is 3.36. The summed E-state index contributed by atoms with van der Waals surface area (Å²) >= 11 is 0. The van der Waals surface area contributed by atoms with Crippen LogP contribution in [0.4, 0.5) is 5.82 Å². The highest BCUT2D eigenvalue weighted by Crippen LogP contribution is 2.16. The molecular weight excluding hydrogens is 232 g/mol. The number of anilines is 1. The molecule has 18 heavy (non-hydrogen) atoms. The van der Waals surface area contributed by atoms with E-state index in [9.17, 15) is 4.79 Å². The predicted octanol–water partition coefficient (Wildman–Crippen LogP) is 1.14. The first kappa shape index (κ1) is 14.3. The number of nitrogens with zero attached hydrogens (tertiary/aromatic N) is 2. The zero-order valence-electron chi connectivity index (χ0n) is 11.9. The van der Waals surface area contributed by atoms with Crippen molar-refractivity contribution in [1.82, 2.24) is 15.1 Å². The number of rotatable bonds is 4. The number of amides is 1. The molecule has 0 radical (unpaired) electrons. The molecule has 1 unspecified atom stereocenters. The molecule has 0 aliphatic carbocycles. The van der Waals surface area contributed by atoms with Gasteiger partial charge in [-0.2, -0.15) is 5.10 Å². The van der Waals surface area contributed by atoms with E-state index in [1.54, 1.807) is 31.8 Å². The van der Waals surface area contributed by atoms with Crippen LogP contribution in [0.1, 0.15) is 27.7 Å². The van der Waals surface area contributed by atoms with Gasteiger partial charge in [-0.15, -0.1) is 0 Å². The fourth-order valence-corrected chi connectivity index (χ4v) is 1.48. The van der Waals surface area contributed by atoms with Gasteiger partial charge in [0.2, 0.25) is 11.8 Å². The van der Waals surface area contributed by atoms with Gasteiger partial charge in [0.05, 0.1) is 7.11 Å². The molecule has 1 aromatic rings. The molecule has 0 saturated heterocycles. The third-order valence-electron chi connectivity index (χ3n) is 2.30. The maximum Gasteiger partial charge on any atom is 0.242 e. The minimum Gasteiger partial charge on any atom is -0.481 e. The molecule has 0 spiro atoms. The lowest BCUT2D eigenvalue weighted by Crippen LogP contribution is -2.47. The largest absolute Gasteiger partial charge is 0.481 e. The summed E-state index contributed by atoms with van der Waals surface area (Å²) in [6.45, 7) is 7.63. The van der Waals surface area contributed by atoms with Gasteiger partial charge >= 0.3 is 0 Å². The highest BCUT2D eigenvalue weighted by molar-refractivity contribution is 5.84. The first-order valence-electron chi connectivity index (χ1n) is 5.89. The molecule has 0 fully saturated rings. The molecule has 1 amide bonds. The fourth-order valence-electron chi connectivity index (χ4n) is 1.48. The van der Waals surface area contributed by atoms with Crippen LogP contribution in [-0.4, -0.2) is 34.4 Å². The monoisotopic (exact) mass is 254 g/mol. The Hall–Kier alpha value is -1.72. The summed E-state index contributed by atoms with van der Waals surface area (Å²) in [6, 6.07) is 1.39. The molecule has 2 N–H and O–H groups in total. The second-order valence-corrected chi connectivity index (χ2v) is 5.30. The van der Waals surface area contributed by atoms with E-state index >= 15 is 0 Å². The standard InChI is InChI=1S/C12H22N4O2/c1-8(11(17)14-12(2,3)4)13-9-7-10(18-6)16(5)15-9/h7-8H,1-6H3,(H,13,15)(H,14,17). The smallest absolute Gasteiger partial charge is 0.242 e. The first-order chi connectivity index (χ1) is 8.23. The molecule has 6 nitrogen and oxygen atoms in total. The molecule has 1 aromatic heterocycles. The van der Waals surface area contributed by atoms with Crippen molar-refractivity contribution in [3.05, 3.63) is 6.07 Å². The number of ether oxygens (including phenoxy) is 1. The van der Waals surface area contributed by atoms with Crippen molar-refractivity contribution < 1.29 is 9.53 Å². The Bertz CT molecular complexity index is 420. The summed E-state index contributed by atoms with van der Waals surface area (Å²) in [5, 5.41) is 10.1. The van der Waals surface area contributed by atoms with Crippen LogP contribution in [0.3, 0.4) is 0 Å². The highest BCUT2D eigenvalue weighted by atomic mass is 16.5. The van der Waals surface area contributed by atoms with E-state index in [4.69, 9.17) is 4.74 Å². The first-order valence-corrected chi connectivity index (χ1v) is 5.89. The van der Waals surface area contributed by atoms with E-state index in [0.717, 1.165) is 0 Å². The lowest BCUT2D eigenvalue weighted by Gasteiger charge is -2.23. The molecule has 6 heteroatoms. The van der Waals surface area contributed by atoms with E-state index in [1.807, 2.05) is 20.8 Å². The van der Waals surface area contributed by atoms with Gasteiger partial charge in [0.25, 0.3) is 0 Å². The van der Waals surface area contributed by atoms with Crippen LogP contribution in [0.5, 0.6) is 5.88 Å². The average molecular weight is 254 g/mol. The molecule has 0 aromatic carbocycles. The number of hydrogen-bond donors (Lipinski definition) is 2. The Kier molecular flexibility index (Phi) is 4.21. The van der Waals surface area contributed by atoms with E-state index in [-0.39, 0.29) is 17.5 Å². The minimum atomic E-state index is -0.358. The Labute approximate surface area is 108 Å². The zero-order valence-corrected chi connectivity index (χ0v) is 11.9. The van der Waals surface area contributed by atoms with Crippen molar-refractivity contribution in [3.63, 3.8) is 0 Å². The van der Waals surface area contributed by atoms with Crippen LogP contribution in [0.25, 0.3) is 0 Å². The lowest BCUT2D eigenvalue weighted by molar-refractivity contribution is -0.122. The number of nitrogens with one attached hydrogen (secondary N) is 2. The summed E-state index contributed by atoms with van der Waals surface area (Å²) in [5.74, 6) is 1.19. The second kappa shape index (κ2) is 5.29. The number of aromatic nitrogens is 2. The molecule has 1 atom stereocenters. The molecule has 0 aliphatic heterocycles. The maximum atomic E-state index is 11.9. The van der Waals surface area contributed by atoms with Gasteiger partial charge in [0.1, 0.15) is 6.04 Å². The second-order valence-electron chi connectivity index (χ2n) is 5.30. The van der Waals surface area contributed by atoms with E-state index in [1.165, 1.54) is 0 Å². The van der Waals surface area contributed by atoms with Crippen LogP contribution in [0.2, 0.25) is 0 Å². The lowest BCUT2D eigenvalue weighted by atomic mass is 10.1. The van der Waals surface area contributed by atoms with Gasteiger partial charge in [0, 0.05) is 18.7 Å². The van der Waals surface area contributed by atoms with Crippen molar-refractivity contribution in [1.29, 1.82) is 0 Å². The van der Waals surface area contributed by atoms with Crippen molar-refractivity contribution in [2.24, 2.45) is 7.05 Å². The molecule has 1 heterocycles. The Morgan fingerprint density at radius 1 is 1.50 bits per heavy atom. The predicted molar refractivity (Wildman–Crippen MR) is 70.7 cm³/mol. The van der Waals surface area contributed by atoms with E-state index in [0.29, 0.717) is 11.7 Å². The normalized spacial score (nSPS) is 13.0. The Morgan fingerprint density at radius 2 is 2.11 bits per heavy atom. The van der Waals surface area contributed by atoms with Crippen LogP contribution in [0, 0.1) is 0 Å². The van der Waals surface area contributed by atoms with Crippen molar-refractivity contribution in [2.45, 2.75) is 39.3 Å². The summed E-state index contributed by atoms with van der Waals surface area (Å²) < 4.78 is 6.72. The SMILES string of the molecule is COc1cc(NC(C)C(=O)NC(C)(C)C)nn1C. The van der Waals surface area contributed by atoms with Crippen LogP contribution < -0.4 is 15.4 Å². The van der Waals surface area contributed by atoms with Gasteiger partial charge in [-0.1, -0.05) is 0 Å². The van der Waals surface area contributed by atoms with Gasteiger partial charge in [-0.3, -0.25) is 4.79 Å². The topological polar surface area (TPSA) is 68.2 Å². The molecule has 102 valence electrons. The minimum absolute atomic E-state index is 0.0629. The zero-order chi connectivity index (χ0) is 13.9. The molecule has 1 rings (SSSR count).